The predicted molar refractivity (Wildman–Crippen MR) is 80.4 cm³/mol. The van der Waals surface area contributed by atoms with Crippen LogP contribution < -0.4 is 0 Å². The number of benzene rings is 2. The van der Waals surface area contributed by atoms with E-state index < -0.39 is 6.10 Å². The molecular weight excluding hydrogens is 332 g/mol. The van der Waals surface area contributed by atoms with Crippen molar-refractivity contribution in [2.24, 2.45) is 0 Å². The molecule has 0 radical (unpaired) electrons. The highest BCUT2D eigenvalue weighted by molar-refractivity contribution is 9.10. The van der Waals surface area contributed by atoms with Gasteiger partial charge in [-0.15, -0.1) is 0 Å². The lowest BCUT2D eigenvalue weighted by Gasteiger charge is -2.09. The number of aliphatic hydroxyl groups excluding tert-OH is 1. The summed E-state index contributed by atoms with van der Waals surface area (Å²) in [4.78, 5) is 2.20. The van der Waals surface area contributed by atoms with Crippen LogP contribution in [-0.4, -0.2) is 5.11 Å². The lowest BCUT2D eigenvalue weighted by molar-refractivity contribution is 0.198. The van der Waals surface area contributed by atoms with E-state index >= 15 is 0 Å². The molecule has 0 aromatic heterocycles. The Hall–Kier alpha value is -0.480. The Bertz CT molecular complexity index is 557. The van der Waals surface area contributed by atoms with E-state index in [4.69, 9.17) is 11.6 Å². The zero-order valence-corrected chi connectivity index (χ0v) is 12.9. The van der Waals surface area contributed by atoms with Crippen LogP contribution in [0.25, 0.3) is 0 Å². The van der Waals surface area contributed by atoms with E-state index in [1.54, 1.807) is 18.7 Å². The minimum atomic E-state index is -0.468. The van der Waals surface area contributed by atoms with Crippen molar-refractivity contribution in [1.29, 1.82) is 0 Å². The second kappa shape index (κ2) is 6.11. The van der Waals surface area contributed by atoms with Crippen molar-refractivity contribution in [2.75, 3.05) is 0 Å². The molecule has 0 aliphatic heterocycles. The maximum atomic E-state index is 9.57. The second-order valence-electron chi connectivity index (χ2n) is 3.92. The van der Waals surface area contributed by atoms with Crippen molar-refractivity contribution < 1.29 is 5.11 Å². The summed E-state index contributed by atoms with van der Waals surface area (Å²) in [6.07, 6.45) is -0.468. The quantitative estimate of drug-likeness (QED) is 0.815. The highest BCUT2D eigenvalue weighted by Crippen LogP contribution is 2.33. The molecule has 0 fully saturated rings. The van der Waals surface area contributed by atoms with Gasteiger partial charge in [0.15, 0.2) is 0 Å². The van der Waals surface area contributed by atoms with Gasteiger partial charge >= 0.3 is 0 Å². The summed E-state index contributed by atoms with van der Waals surface area (Å²) in [7, 11) is 0. The third-order valence-corrected chi connectivity index (χ3v) is 4.35. The molecule has 18 heavy (non-hydrogen) atoms. The van der Waals surface area contributed by atoms with Crippen LogP contribution in [0.1, 0.15) is 18.6 Å². The Morgan fingerprint density at radius 3 is 2.50 bits per heavy atom. The van der Waals surface area contributed by atoms with Crippen LogP contribution in [0.5, 0.6) is 0 Å². The SMILES string of the molecule is C[C@@H](O)c1ccc(Sc2cccc(Cl)c2)cc1Br. The second-order valence-corrected chi connectivity index (χ2v) is 6.36. The summed E-state index contributed by atoms with van der Waals surface area (Å²) in [6.45, 7) is 1.75. The largest absolute Gasteiger partial charge is 0.389 e. The molecule has 2 aromatic carbocycles. The van der Waals surface area contributed by atoms with Crippen molar-refractivity contribution in [3.8, 4) is 0 Å². The van der Waals surface area contributed by atoms with Gasteiger partial charge in [0.1, 0.15) is 0 Å². The summed E-state index contributed by atoms with van der Waals surface area (Å²) in [5, 5.41) is 10.3. The molecule has 0 saturated heterocycles. The van der Waals surface area contributed by atoms with Gasteiger partial charge in [0, 0.05) is 19.3 Å². The van der Waals surface area contributed by atoms with E-state index in [9.17, 15) is 5.11 Å². The standard InChI is InChI=1S/C14H12BrClOS/c1-9(17)13-6-5-12(8-14(13)15)18-11-4-2-3-10(16)7-11/h2-9,17H,1H3/t9-/m1/s1. The molecule has 0 heterocycles. The summed E-state index contributed by atoms with van der Waals surface area (Å²) >= 11 is 11.1. The molecule has 2 rings (SSSR count). The number of rotatable bonds is 3. The molecule has 1 atom stereocenters. The molecule has 94 valence electrons. The fourth-order valence-corrected chi connectivity index (χ4v) is 3.61. The van der Waals surface area contributed by atoms with E-state index in [2.05, 4.69) is 15.9 Å². The zero-order valence-electron chi connectivity index (χ0n) is 9.73. The molecule has 0 unspecified atom stereocenters. The molecule has 0 bridgehead atoms. The molecule has 0 aliphatic rings. The van der Waals surface area contributed by atoms with Crippen LogP contribution in [0.2, 0.25) is 5.02 Å². The summed E-state index contributed by atoms with van der Waals surface area (Å²) in [5.41, 5.74) is 0.894. The molecule has 0 saturated carbocycles. The van der Waals surface area contributed by atoms with Crippen LogP contribution in [0.3, 0.4) is 0 Å². The van der Waals surface area contributed by atoms with Crippen LogP contribution in [0.4, 0.5) is 0 Å². The van der Waals surface area contributed by atoms with Crippen LogP contribution >= 0.6 is 39.3 Å². The van der Waals surface area contributed by atoms with Gasteiger partial charge in [0.05, 0.1) is 6.10 Å². The molecule has 0 amide bonds. The van der Waals surface area contributed by atoms with Gasteiger partial charge in [-0.1, -0.05) is 51.4 Å². The number of hydrogen-bond donors (Lipinski definition) is 1. The first kappa shape index (κ1) is 13.9. The first-order chi connectivity index (χ1) is 8.56. The van der Waals surface area contributed by atoms with Gasteiger partial charge in [-0.3, -0.25) is 0 Å². The van der Waals surface area contributed by atoms with Gasteiger partial charge in [0.2, 0.25) is 0 Å². The van der Waals surface area contributed by atoms with Gasteiger partial charge in [-0.25, -0.2) is 0 Å². The van der Waals surface area contributed by atoms with Gasteiger partial charge in [-0.2, -0.15) is 0 Å². The maximum absolute atomic E-state index is 9.57. The monoisotopic (exact) mass is 342 g/mol. The van der Waals surface area contributed by atoms with Crippen molar-refractivity contribution in [3.63, 3.8) is 0 Å². The van der Waals surface area contributed by atoms with E-state index in [0.29, 0.717) is 0 Å². The Balaban J connectivity index is 2.23. The fraction of sp³-hybridized carbons (Fsp3) is 0.143. The first-order valence-electron chi connectivity index (χ1n) is 5.47. The van der Waals surface area contributed by atoms with Crippen molar-refractivity contribution in [3.05, 3.63) is 57.5 Å². The molecule has 0 spiro atoms. The molecule has 2 aromatic rings. The van der Waals surface area contributed by atoms with Gasteiger partial charge < -0.3 is 5.11 Å². The smallest absolute Gasteiger partial charge is 0.0772 e. The summed E-state index contributed by atoms with van der Waals surface area (Å²) in [6, 6.07) is 13.7. The van der Waals surface area contributed by atoms with Crippen molar-refractivity contribution in [1.82, 2.24) is 0 Å². The van der Waals surface area contributed by atoms with Gasteiger partial charge in [-0.05, 0) is 42.8 Å². The minimum Gasteiger partial charge on any atom is -0.389 e. The number of halogens is 2. The molecule has 1 nitrogen and oxygen atoms in total. The maximum Gasteiger partial charge on any atom is 0.0772 e. The van der Waals surface area contributed by atoms with E-state index in [0.717, 1.165) is 24.8 Å². The average molecular weight is 344 g/mol. The Kier molecular flexibility index (Phi) is 4.73. The predicted octanol–water partition coefficient (Wildman–Crippen LogP) is 5.31. The Labute approximate surface area is 124 Å². The van der Waals surface area contributed by atoms with E-state index in [-0.39, 0.29) is 0 Å². The molecular formula is C14H12BrClOS. The third-order valence-electron chi connectivity index (χ3n) is 2.45. The lowest BCUT2D eigenvalue weighted by Crippen LogP contribution is -1.92. The molecule has 4 heteroatoms. The molecule has 0 aliphatic carbocycles. The van der Waals surface area contributed by atoms with Gasteiger partial charge in [0.25, 0.3) is 0 Å². The fourth-order valence-electron chi connectivity index (χ4n) is 1.58. The Morgan fingerprint density at radius 1 is 1.17 bits per heavy atom. The normalized spacial score (nSPS) is 12.4. The number of hydrogen-bond acceptors (Lipinski definition) is 2. The van der Waals surface area contributed by atoms with Crippen molar-refractivity contribution in [2.45, 2.75) is 22.8 Å². The van der Waals surface area contributed by atoms with E-state index in [1.807, 2.05) is 42.5 Å². The van der Waals surface area contributed by atoms with Crippen LogP contribution in [-0.2, 0) is 0 Å². The van der Waals surface area contributed by atoms with Crippen molar-refractivity contribution >= 4 is 39.3 Å². The van der Waals surface area contributed by atoms with E-state index in [1.165, 1.54) is 0 Å². The van der Waals surface area contributed by atoms with Crippen LogP contribution in [0, 0.1) is 0 Å². The molecule has 1 N–H and O–H groups in total. The van der Waals surface area contributed by atoms with Crippen LogP contribution in [0.15, 0.2) is 56.7 Å². The third kappa shape index (κ3) is 3.51. The zero-order chi connectivity index (χ0) is 13.1. The summed E-state index contributed by atoms with van der Waals surface area (Å²) in [5.74, 6) is 0. The Morgan fingerprint density at radius 2 is 1.89 bits per heavy atom. The topological polar surface area (TPSA) is 20.2 Å². The number of aliphatic hydroxyl groups is 1. The highest BCUT2D eigenvalue weighted by atomic mass is 79.9. The average Bonchev–Trinajstić information content (AvgIpc) is 2.28. The summed E-state index contributed by atoms with van der Waals surface area (Å²) < 4.78 is 0.921. The lowest BCUT2D eigenvalue weighted by atomic mass is 10.1. The highest BCUT2D eigenvalue weighted by Gasteiger charge is 2.07. The first-order valence-corrected chi connectivity index (χ1v) is 7.46. The minimum absolute atomic E-state index is 0.468.